The fourth-order valence-electron chi connectivity index (χ4n) is 4.05. The van der Waals surface area contributed by atoms with Crippen molar-refractivity contribution < 1.29 is 31.9 Å². The van der Waals surface area contributed by atoms with E-state index in [-0.39, 0.29) is 47.4 Å². The van der Waals surface area contributed by atoms with Gasteiger partial charge in [0.15, 0.2) is 5.69 Å². The van der Waals surface area contributed by atoms with Crippen molar-refractivity contribution in [1.82, 2.24) is 24.5 Å². The highest BCUT2D eigenvalue weighted by molar-refractivity contribution is 6.30. The van der Waals surface area contributed by atoms with Crippen LogP contribution in [-0.4, -0.2) is 55.2 Å². The van der Waals surface area contributed by atoms with E-state index >= 15 is 0 Å². The SMILES string of the molecule is Cn1ncc(-c2cc(N)n(CC(=O)N3CC[C@](C)(OC(=O)Nc4ccc(Cl)c(F)c4)C3)n2)c1C(F)(F)F. The summed E-state index contributed by atoms with van der Waals surface area (Å²) >= 11 is 5.63. The van der Waals surface area contributed by atoms with Crippen molar-refractivity contribution in [2.75, 3.05) is 24.1 Å². The third-order valence-electron chi connectivity index (χ3n) is 5.87. The van der Waals surface area contributed by atoms with Gasteiger partial charge in [0.1, 0.15) is 23.8 Å². The maximum absolute atomic E-state index is 13.6. The summed E-state index contributed by atoms with van der Waals surface area (Å²) in [6.07, 6.45) is -4.14. The van der Waals surface area contributed by atoms with Gasteiger partial charge in [-0.3, -0.25) is 14.8 Å². The van der Waals surface area contributed by atoms with Crippen LogP contribution in [0.5, 0.6) is 0 Å². The number of rotatable bonds is 5. The first-order valence-corrected chi connectivity index (χ1v) is 11.3. The number of carbonyl (C=O) groups excluding carboxylic acids is 2. The Morgan fingerprint density at radius 1 is 1.30 bits per heavy atom. The standard InChI is InChI=1S/C22H22ClF4N7O3/c1-21(37-20(36)30-12-3-4-14(23)15(24)7-12)5-6-33(11-21)18(35)10-34-17(28)8-16(31-34)13-9-29-32(2)19(13)22(25,26)27/h3-4,7-9H,5-6,10-11,28H2,1-2H3,(H,30,36)/t21-/m0/s1. The molecule has 0 bridgehead atoms. The zero-order valence-corrected chi connectivity index (χ0v) is 20.4. The lowest BCUT2D eigenvalue weighted by molar-refractivity contribution is -0.143. The number of aryl methyl sites for hydroxylation is 1. The molecule has 3 heterocycles. The number of benzene rings is 1. The van der Waals surface area contributed by atoms with Crippen LogP contribution in [0.25, 0.3) is 11.3 Å². The lowest BCUT2D eigenvalue weighted by atomic mass is 10.1. The van der Waals surface area contributed by atoms with Crippen LogP contribution in [0.1, 0.15) is 19.0 Å². The van der Waals surface area contributed by atoms with Gasteiger partial charge in [0.05, 0.1) is 29.0 Å². The maximum atomic E-state index is 13.6. The monoisotopic (exact) mass is 543 g/mol. The molecule has 1 aliphatic rings. The van der Waals surface area contributed by atoms with E-state index in [4.69, 9.17) is 22.1 Å². The maximum Gasteiger partial charge on any atom is 0.433 e. The first-order chi connectivity index (χ1) is 17.3. The largest absolute Gasteiger partial charge is 0.441 e. The molecule has 0 unspecified atom stereocenters. The predicted molar refractivity (Wildman–Crippen MR) is 125 cm³/mol. The Morgan fingerprint density at radius 2 is 2.03 bits per heavy atom. The number of halogens is 5. The number of hydrogen-bond donors (Lipinski definition) is 2. The van der Waals surface area contributed by atoms with Gasteiger partial charge in [-0.2, -0.15) is 23.4 Å². The number of nitrogens with zero attached hydrogens (tertiary/aromatic N) is 5. The molecule has 0 saturated carbocycles. The number of amides is 2. The van der Waals surface area contributed by atoms with Crippen molar-refractivity contribution in [2.24, 2.45) is 7.05 Å². The van der Waals surface area contributed by atoms with Crippen LogP contribution < -0.4 is 11.1 Å². The molecule has 4 rings (SSSR count). The van der Waals surface area contributed by atoms with Gasteiger partial charge in [-0.05, 0) is 25.1 Å². The van der Waals surface area contributed by atoms with Gasteiger partial charge in [0.25, 0.3) is 0 Å². The molecule has 0 aliphatic carbocycles. The van der Waals surface area contributed by atoms with E-state index in [0.717, 1.165) is 24.0 Å². The first-order valence-electron chi connectivity index (χ1n) is 10.9. The van der Waals surface area contributed by atoms with E-state index < -0.39 is 35.3 Å². The first kappa shape index (κ1) is 26.3. The van der Waals surface area contributed by atoms with E-state index in [0.29, 0.717) is 11.1 Å². The van der Waals surface area contributed by atoms with Crippen LogP contribution in [0.4, 0.5) is 33.9 Å². The molecule has 37 heavy (non-hydrogen) atoms. The summed E-state index contributed by atoms with van der Waals surface area (Å²) in [5, 5.41) is 10.0. The van der Waals surface area contributed by atoms with Crippen molar-refractivity contribution in [3.63, 3.8) is 0 Å². The van der Waals surface area contributed by atoms with Crippen LogP contribution in [-0.2, 0) is 29.3 Å². The number of nitrogens with two attached hydrogens (primary N) is 1. The number of carbonyl (C=O) groups is 2. The Balaban J connectivity index is 1.39. The highest BCUT2D eigenvalue weighted by atomic mass is 35.5. The second-order valence-electron chi connectivity index (χ2n) is 8.80. The number of hydrogen-bond acceptors (Lipinski definition) is 6. The highest BCUT2D eigenvalue weighted by Gasteiger charge is 2.40. The summed E-state index contributed by atoms with van der Waals surface area (Å²) in [6.45, 7) is 1.62. The van der Waals surface area contributed by atoms with Gasteiger partial charge in [-0.15, -0.1) is 0 Å². The van der Waals surface area contributed by atoms with Gasteiger partial charge in [-0.1, -0.05) is 11.6 Å². The Morgan fingerprint density at radius 3 is 2.70 bits per heavy atom. The number of likely N-dealkylation sites (tertiary alicyclic amines) is 1. The van der Waals surface area contributed by atoms with Crippen LogP contribution >= 0.6 is 11.6 Å². The molecule has 198 valence electrons. The molecule has 1 aromatic carbocycles. The molecular weight excluding hydrogens is 522 g/mol. The van der Waals surface area contributed by atoms with Gasteiger partial charge in [0.2, 0.25) is 5.91 Å². The molecule has 2 amide bonds. The molecule has 0 spiro atoms. The Labute approximate surface area is 212 Å². The van der Waals surface area contributed by atoms with Crippen LogP contribution in [0.3, 0.4) is 0 Å². The quantitative estimate of drug-likeness (QED) is 0.471. The summed E-state index contributed by atoms with van der Waals surface area (Å²) in [4.78, 5) is 26.6. The van der Waals surface area contributed by atoms with E-state index in [1.807, 2.05) is 0 Å². The topological polar surface area (TPSA) is 120 Å². The summed E-state index contributed by atoms with van der Waals surface area (Å²) in [6, 6.07) is 4.98. The van der Waals surface area contributed by atoms with Crippen molar-refractivity contribution in [3.05, 3.63) is 47.0 Å². The minimum absolute atomic E-state index is 0.00638. The molecule has 0 radical (unpaired) electrons. The number of nitrogen functional groups attached to an aromatic ring is 1. The average molecular weight is 544 g/mol. The Hall–Kier alpha value is -3.81. The molecule has 1 saturated heterocycles. The summed E-state index contributed by atoms with van der Waals surface area (Å²) in [5.74, 6) is -1.13. The zero-order chi connectivity index (χ0) is 27.1. The molecule has 3 aromatic rings. The molecule has 2 aromatic heterocycles. The van der Waals surface area contributed by atoms with Gasteiger partial charge in [0, 0.05) is 31.8 Å². The van der Waals surface area contributed by atoms with E-state index in [1.54, 1.807) is 6.92 Å². The van der Waals surface area contributed by atoms with Gasteiger partial charge < -0.3 is 15.4 Å². The smallest absolute Gasteiger partial charge is 0.433 e. The van der Waals surface area contributed by atoms with E-state index in [2.05, 4.69) is 15.5 Å². The van der Waals surface area contributed by atoms with Crippen molar-refractivity contribution >= 4 is 35.1 Å². The number of alkyl halides is 3. The lowest BCUT2D eigenvalue weighted by Gasteiger charge is -2.25. The molecule has 1 aliphatic heterocycles. The highest BCUT2D eigenvalue weighted by Crippen LogP contribution is 2.36. The third-order valence-corrected chi connectivity index (χ3v) is 6.18. The Kier molecular flexibility index (Phi) is 6.79. The van der Waals surface area contributed by atoms with E-state index in [9.17, 15) is 27.2 Å². The molecular formula is C22H22ClF4N7O3. The lowest BCUT2D eigenvalue weighted by Crippen LogP contribution is -2.39. The zero-order valence-electron chi connectivity index (χ0n) is 19.6. The van der Waals surface area contributed by atoms with Crippen molar-refractivity contribution in [2.45, 2.75) is 31.7 Å². The Bertz CT molecular complexity index is 1360. The van der Waals surface area contributed by atoms with Crippen molar-refractivity contribution in [1.29, 1.82) is 0 Å². The predicted octanol–water partition coefficient (Wildman–Crippen LogP) is 3.92. The normalized spacial score (nSPS) is 17.8. The molecule has 15 heteroatoms. The second kappa shape index (κ2) is 9.57. The third kappa shape index (κ3) is 5.63. The van der Waals surface area contributed by atoms with Crippen LogP contribution in [0.15, 0.2) is 30.5 Å². The number of anilines is 2. The van der Waals surface area contributed by atoms with Gasteiger partial charge >= 0.3 is 12.3 Å². The van der Waals surface area contributed by atoms with Gasteiger partial charge in [-0.25, -0.2) is 13.9 Å². The fourth-order valence-corrected chi connectivity index (χ4v) is 4.17. The minimum Gasteiger partial charge on any atom is -0.441 e. The second-order valence-corrected chi connectivity index (χ2v) is 9.21. The average Bonchev–Trinajstić information content (AvgIpc) is 3.47. The molecule has 10 nitrogen and oxygen atoms in total. The minimum atomic E-state index is -4.66. The molecule has 1 atom stereocenters. The summed E-state index contributed by atoms with van der Waals surface area (Å²) in [5.41, 5.74) is 3.71. The van der Waals surface area contributed by atoms with Crippen LogP contribution in [0, 0.1) is 5.82 Å². The number of aromatic nitrogens is 4. The summed E-state index contributed by atoms with van der Waals surface area (Å²) < 4.78 is 61.1. The number of nitrogens with one attached hydrogen (secondary N) is 1. The van der Waals surface area contributed by atoms with Crippen molar-refractivity contribution in [3.8, 4) is 11.3 Å². The van der Waals surface area contributed by atoms with Crippen LogP contribution in [0.2, 0.25) is 5.02 Å². The summed E-state index contributed by atoms with van der Waals surface area (Å²) in [7, 11) is 1.16. The van der Waals surface area contributed by atoms with E-state index in [1.165, 1.54) is 23.1 Å². The fraction of sp³-hybridized carbons (Fsp3) is 0.364. The molecule has 3 N–H and O–H groups in total. The number of ether oxygens (including phenoxy) is 1. The molecule has 1 fully saturated rings.